The van der Waals surface area contributed by atoms with Gasteiger partial charge in [-0.2, -0.15) is 0 Å². The highest BCUT2D eigenvalue weighted by molar-refractivity contribution is 7.89. The standard InChI is InChI=1S/C15H18N2O4S/c1-10-15(11(2)21-17-10)22(18,19)16-9-12-5-6-14-13(8-12)4-3-7-20-14/h5-6,8,16H,3-4,7,9H2,1-2H3. The Morgan fingerprint density at radius 2 is 2.14 bits per heavy atom. The average Bonchev–Trinajstić information content (AvgIpc) is 2.85. The molecule has 1 aliphatic rings. The Hall–Kier alpha value is -1.86. The molecule has 1 aromatic carbocycles. The van der Waals surface area contributed by atoms with Crippen LogP contribution < -0.4 is 9.46 Å². The number of benzene rings is 1. The Labute approximate surface area is 129 Å². The second-order valence-corrected chi connectivity index (χ2v) is 7.08. The summed E-state index contributed by atoms with van der Waals surface area (Å²) in [6.45, 7) is 4.16. The maximum atomic E-state index is 12.4. The number of ether oxygens (including phenoxy) is 1. The highest BCUT2D eigenvalue weighted by Crippen LogP contribution is 2.26. The van der Waals surface area contributed by atoms with Gasteiger partial charge in [0.25, 0.3) is 0 Å². The van der Waals surface area contributed by atoms with E-state index in [2.05, 4.69) is 9.88 Å². The summed E-state index contributed by atoms with van der Waals surface area (Å²) in [7, 11) is -3.64. The second kappa shape index (κ2) is 5.73. The second-order valence-electron chi connectivity index (χ2n) is 5.37. The van der Waals surface area contributed by atoms with Gasteiger partial charge in [-0.15, -0.1) is 0 Å². The summed E-state index contributed by atoms with van der Waals surface area (Å²) in [6, 6.07) is 5.76. The van der Waals surface area contributed by atoms with Crippen LogP contribution in [0.2, 0.25) is 0 Å². The molecule has 0 spiro atoms. The third-order valence-electron chi connectivity index (χ3n) is 3.68. The van der Waals surface area contributed by atoms with Gasteiger partial charge in [0.1, 0.15) is 16.3 Å². The largest absolute Gasteiger partial charge is 0.493 e. The van der Waals surface area contributed by atoms with Crippen molar-refractivity contribution in [2.45, 2.75) is 38.1 Å². The number of aromatic nitrogens is 1. The van der Waals surface area contributed by atoms with Crippen LogP contribution in [0.25, 0.3) is 0 Å². The number of fused-ring (bicyclic) bond motifs is 1. The molecule has 0 amide bonds. The maximum Gasteiger partial charge on any atom is 0.246 e. The van der Waals surface area contributed by atoms with Gasteiger partial charge in [-0.25, -0.2) is 13.1 Å². The predicted molar refractivity (Wildman–Crippen MR) is 80.3 cm³/mol. The van der Waals surface area contributed by atoms with E-state index in [0.717, 1.165) is 36.3 Å². The number of sulfonamides is 1. The fraction of sp³-hybridized carbons (Fsp3) is 0.400. The molecule has 1 aliphatic heterocycles. The summed E-state index contributed by atoms with van der Waals surface area (Å²) in [4.78, 5) is 0.119. The van der Waals surface area contributed by atoms with Crippen LogP contribution in [0.4, 0.5) is 0 Å². The van der Waals surface area contributed by atoms with Crippen LogP contribution in [-0.2, 0) is 23.0 Å². The summed E-state index contributed by atoms with van der Waals surface area (Å²) in [5, 5.41) is 3.68. The summed E-state index contributed by atoms with van der Waals surface area (Å²) < 4.78 is 37.8. The lowest BCUT2D eigenvalue weighted by Gasteiger charge is -2.18. The van der Waals surface area contributed by atoms with Gasteiger partial charge in [-0.3, -0.25) is 0 Å². The van der Waals surface area contributed by atoms with E-state index in [9.17, 15) is 8.42 Å². The molecular weight excluding hydrogens is 304 g/mol. The van der Waals surface area contributed by atoms with Crippen LogP contribution in [-0.4, -0.2) is 20.2 Å². The van der Waals surface area contributed by atoms with Crippen molar-refractivity contribution in [3.8, 4) is 5.75 Å². The average molecular weight is 322 g/mol. The lowest BCUT2D eigenvalue weighted by molar-refractivity contribution is 0.288. The Morgan fingerprint density at radius 1 is 1.32 bits per heavy atom. The van der Waals surface area contributed by atoms with Crippen molar-refractivity contribution in [3.05, 3.63) is 40.8 Å². The molecule has 0 aliphatic carbocycles. The van der Waals surface area contributed by atoms with Gasteiger partial charge < -0.3 is 9.26 Å². The first-order valence-electron chi connectivity index (χ1n) is 7.14. The first-order chi connectivity index (χ1) is 10.5. The summed E-state index contributed by atoms with van der Waals surface area (Å²) in [5.41, 5.74) is 2.39. The molecule has 3 rings (SSSR count). The lowest BCUT2D eigenvalue weighted by Crippen LogP contribution is -2.24. The number of nitrogens with zero attached hydrogens (tertiary/aromatic N) is 1. The lowest BCUT2D eigenvalue weighted by atomic mass is 10.0. The maximum absolute atomic E-state index is 12.4. The molecule has 0 unspecified atom stereocenters. The number of hydrogen-bond donors (Lipinski definition) is 1. The first-order valence-corrected chi connectivity index (χ1v) is 8.63. The van der Waals surface area contributed by atoms with Crippen molar-refractivity contribution < 1.29 is 17.7 Å². The molecular formula is C15H18N2O4S. The van der Waals surface area contributed by atoms with Gasteiger partial charge in [0, 0.05) is 6.54 Å². The smallest absolute Gasteiger partial charge is 0.246 e. The summed E-state index contributed by atoms with van der Waals surface area (Å²) in [6.07, 6.45) is 1.95. The SMILES string of the molecule is Cc1noc(C)c1S(=O)(=O)NCc1ccc2c(c1)CCCO2. The molecule has 2 aromatic rings. The Kier molecular flexibility index (Phi) is 3.92. The van der Waals surface area contributed by atoms with Gasteiger partial charge in [0.2, 0.25) is 10.0 Å². The molecule has 0 fully saturated rings. The number of aryl methyl sites for hydroxylation is 3. The van der Waals surface area contributed by atoms with Crippen molar-refractivity contribution in [1.29, 1.82) is 0 Å². The molecule has 0 saturated carbocycles. The predicted octanol–water partition coefficient (Wildman–Crippen LogP) is 2.09. The van der Waals surface area contributed by atoms with Crippen molar-refractivity contribution in [3.63, 3.8) is 0 Å². The highest BCUT2D eigenvalue weighted by atomic mass is 32.2. The van der Waals surface area contributed by atoms with Crippen LogP contribution >= 0.6 is 0 Å². The van der Waals surface area contributed by atoms with Gasteiger partial charge in [0.15, 0.2) is 5.76 Å². The van der Waals surface area contributed by atoms with Crippen molar-refractivity contribution >= 4 is 10.0 Å². The monoisotopic (exact) mass is 322 g/mol. The Balaban J connectivity index is 1.77. The van der Waals surface area contributed by atoms with Gasteiger partial charge >= 0.3 is 0 Å². The van der Waals surface area contributed by atoms with E-state index >= 15 is 0 Å². The molecule has 0 saturated heterocycles. The number of rotatable bonds is 4. The number of nitrogens with one attached hydrogen (secondary N) is 1. The van der Waals surface area contributed by atoms with E-state index in [4.69, 9.17) is 9.26 Å². The van der Waals surface area contributed by atoms with Gasteiger partial charge in [-0.1, -0.05) is 17.3 Å². The number of hydrogen-bond acceptors (Lipinski definition) is 5. The minimum absolute atomic E-state index is 0.119. The molecule has 118 valence electrons. The third kappa shape index (κ3) is 2.86. The molecule has 2 heterocycles. The molecule has 0 radical (unpaired) electrons. The summed E-state index contributed by atoms with van der Waals surface area (Å²) >= 11 is 0. The van der Waals surface area contributed by atoms with E-state index in [1.807, 2.05) is 18.2 Å². The van der Waals surface area contributed by atoms with Crippen molar-refractivity contribution in [2.24, 2.45) is 0 Å². The zero-order valence-corrected chi connectivity index (χ0v) is 13.4. The van der Waals surface area contributed by atoms with Gasteiger partial charge in [-0.05, 0) is 43.9 Å². The van der Waals surface area contributed by atoms with E-state index in [-0.39, 0.29) is 11.4 Å². The van der Waals surface area contributed by atoms with Crippen molar-refractivity contribution in [2.75, 3.05) is 6.61 Å². The van der Waals surface area contributed by atoms with Crippen LogP contribution in [0.1, 0.15) is 29.0 Å². The molecule has 0 bridgehead atoms. The third-order valence-corrected chi connectivity index (χ3v) is 5.32. The Morgan fingerprint density at radius 3 is 2.86 bits per heavy atom. The highest BCUT2D eigenvalue weighted by Gasteiger charge is 2.23. The van der Waals surface area contributed by atoms with Crippen molar-refractivity contribution in [1.82, 2.24) is 9.88 Å². The molecule has 1 aromatic heterocycles. The fourth-order valence-electron chi connectivity index (χ4n) is 2.63. The first kappa shape index (κ1) is 15.1. The van der Waals surface area contributed by atoms with Crippen LogP contribution in [0, 0.1) is 13.8 Å². The van der Waals surface area contributed by atoms with Crippen LogP contribution in [0.15, 0.2) is 27.6 Å². The normalized spacial score (nSPS) is 14.5. The summed E-state index contributed by atoms with van der Waals surface area (Å²) in [5.74, 6) is 1.19. The molecule has 22 heavy (non-hydrogen) atoms. The molecule has 7 heteroatoms. The molecule has 6 nitrogen and oxygen atoms in total. The van der Waals surface area contributed by atoms with E-state index < -0.39 is 10.0 Å². The fourth-order valence-corrected chi connectivity index (χ4v) is 3.98. The topological polar surface area (TPSA) is 81.4 Å². The minimum Gasteiger partial charge on any atom is -0.493 e. The zero-order valence-electron chi connectivity index (χ0n) is 12.5. The van der Waals surface area contributed by atoms with Crippen LogP contribution in [0.3, 0.4) is 0 Å². The minimum atomic E-state index is -3.64. The van der Waals surface area contributed by atoms with E-state index in [1.54, 1.807) is 13.8 Å². The van der Waals surface area contributed by atoms with E-state index in [0.29, 0.717) is 11.5 Å². The molecule has 1 N–H and O–H groups in total. The Bertz CT molecular complexity index is 776. The molecule has 0 atom stereocenters. The van der Waals surface area contributed by atoms with E-state index in [1.165, 1.54) is 0 Å². The quantitative estimate of drug-likeness (QED) is 0.932. The van der Waals surface area contributed by atoms with Gasteiger partial charge in [0.05, 0.1) is 6.61 Å². The zero-order chi connectivity index (χ0) is 15.7. The van der Waals surface area contributed by atoms with Crippen LogP contribution in [0.5, 0.6) is 5.75 Å².